The number of hydrogen-bond acceptors (Lipinski definition) is 8. The normalized spacial score (nSPS) is 12.0. The third-order valence-corrected chi connectivity index (χ3v) is 3.56. The molecule has 0 fully saturated rings. The molecule has 9 nitrogen and oxygen atoms in total. The van der Waals surface area contributed by atoms with Crippen LogP contribution in [0.4, 0.5) is 0 Å². The first-order valence-corrected chi connectivity index (χ1v) is 9.53. The highest BCUT2D eigenvalue weighted by atomic mass is 16.5. The maximum Gasteiger partial charge on any atom is 0.237 e. The lowest BCUT2D eigenvalue weighted by molar-refractivity contribution is -0.124. The quantitative estimate of drug-likeness (QED) is 0.207. The van der Waals surface area contributed by atoms with Gasteiger partial charge in [0.25, 0.3) is 0 Å². The second-order valence-corrected chi connectivity index (χ2v) is 6.31. The van der Waals surface area contributed by atoms with Crippen LogP contribution < -0.4 is 21.7 Å². The van der Waals surface area contributed by atoms with Crippen molar-refractivity contribution in [2.24, 2.45) is 5.73 Å². The van der Waals surface area contributed by atoms with Gasteiger partial charge < -0.3 is 25.8 Å². The summed E-state index contributed by atoms with van der Waals surface area (Å²) in [4.78, 5) is 34.3. The molecule has 1 atom stereocenters. The molecule has 0 heterocycles. The van der Waals surface area contributed by atoms with Crippen molar-refractivity contribution in [3.63, 3.8) is 0 Å². The minimum Gasteiger partial charge on any atom is -0.378 e. The van der Waals surface area contributed by atoms with E-state index in [1.165, 1.54) is 13.8 Å². The van der Waals surface area contributed by atoms with Crippen LogP contribution in [0.5, 0.6) is 0 Å². The molecule has 27 heavy (non-hydrogen) atoms. The van der Waals surface area contributed by atoms with E-state index in [9.17, 15) is 14.4 Å². The van der Waals surface area contributed by atoms with E-state index >= 15 is 0 Å². The third kappa shape index (κ3) is 17.8. The minimum atomic E-state index is -0.422. The largest absolute Gasteiger partial charge is 0.378 e. The number of carbonyl (C=O) groups is 3. The highest BCUT2D eigenvalue weighted by Gasteiger charge is 2.17. The van der Waals surface area contributed by atoms with Crippen LogP contribution in [0.3, 0.4) is 0 Å². The van der Waals surface area contributed by atoms with Gasteiger partial charge in [-0.3, -0.25) is 19.7 Å². The zero-order chi connectivity index (χ0) is 20.3. The van der Waals surface area contributed by atoms with Crippen molar-refractivity contribution in [3.8, 4) is 0 Å². The summed E-state index contributed by atoms with van der Waals surface area (Å²) in [6, 6.07) is -0.422. The van der Waals surface area contributed by atoms with Crippen molar-refractivity contribution in [2.75, 3.05) is 59.2 Å². The molecule has 0 radical (unpaired) electrons. The maximum absolute atomic E-state index is 12.3. The Kier molecular flexibility index (Phi) is 17.1. The van der Waals surface area contributed by atoms with Crippen molar-refractivity contribution < 1.29 is 23.9 Å². The van der Waals surface area contributed by atoms with E-state index in [1.54, 1.807) is 0 Å². The average molecular weight is 389 g/mol. The van der Waals surface area contributed by atoms with Crippen LogP contribution in [-0.4, -0.2) is 82.7 Å². The Morgan fingerprint density at radius 2 is 1.56 bits per heavy atom. The zero-order valence-electron chi connectivity index (χ0n) is 16.7. The molecule has 0 aromatic carbocycles. The van der Waals surface area contributed by atoms with Gasteiger partial charge in [0.1, 0.15) is 11.6 Å². The van der Waals surface area contributed by atoms with E-state index in [2.05, 4.69) is 16.0 Å². The van der Waals surface area contributed by atoms with Crippen LogP contribution in [0.25, 0.3) is 0 Å². The van der Waals surface area contributed by atoms with Gasteiger partial charge >= 0.3 is 0 Å². The molecule has 0 bridgehead atoms. The first kappa shape index (κ1) is 25.6. The monoisotopic (exact) mass is 388 g/mol. The Bertz CT molecular complexity index is 421. The summed E-state index contributed by atoms with van der Waals surface area (Å²) in [7, 11) is 0. The van der Waals surface area contributed by atoms with Gasteiger partial charge in [0.2, 0.25) is 5.91 Å². The number of hydrogen-bond donors (Lipinski definition) is 4. The van der Waals surface area contributed by atoms with Crippen molar-refractivity contribution in [1.29, 1.82) is 0 Å². The smallest absolute Gasteiger partial charge is 0.237 e. The van der Waals surface area contributed by atoms with E-state index in [1.807, 2.05) is 0 Å². The van der Waals surface area contributed by atoms with E-state index in [-0.39, 0.29) is 24.0 Å². The summed E-state index contributed by atoms with van der Waals surface area (Å²) in [6.07, 6.45) is 2.28. The van der Waals surface area contributed by atoms with Crippen LogP contribution in [0.15, 0.2) is 0 Å². The topological polar surface area (TPSA) is 132 Å². The summed E-state index contributed by atoms with van der Waals surface area (Å²) in [5.41, 5.74) is 5.31. The number of ketones is 2. The van der Waals surface area contributed by atoms with Gasteiger partial charge in [-0.05, 0) is 33.2 Å². The number of ether oxygens (including phenoxy) is 2. The van der Waals surface area contributed by atoms with Crippen LogP contribution in [0, 0.1) is 0 Å². The van der Waals surface area contributed by atoms with Crippen LogP contribution in [0.2, 0.25) is 0 Å². The second-order valence-electron chi connectivity index (χ2n) is 6.31. The Hall–Kier alpha value is -1.39. The molecule has 0 aromatic heterocycles. The van der Waals surface area contributed by atoms with Gasteiger partial charge in [-0.2, -0.15) is 0 Å². The minimum absolute atomic E-state index is 0.0169. The average Bonchev–Trinajstić information content (AvgIpc) is 2.62. The number of Topliss-reactive ketones (excluding diaryl/α,β-unsaturated/α-hetero) is 2. The predicted molar refractivity (Wildman–Crippen MR) is 104 cm³/mol. The molecule has 0 saturated heterocycles. The number of carbonyl (C=O) groups excluding carboxylic acids is 3. The summed E-state index contributed by atoms with van der Waals surface area (Å²) >= 11 is 0. The molecule has 9 heteroatoms. The van der Waals surface area contributed by atoms with Gasteiger partial charge in [-0.1, -0.05) is 6.42 Å². The van der Waals surface area contributed by atoms with Gasteiger partial charge in [-0.25, -0.2) is 0 Å². The molecular weight excluding hydrogens is 352 g/mol. The molecule has 1 amide bonds. The Morgan fingerprint density at radius 1 is 0.889 bits per heavy atom. The van der Waals surface area contributed by atoms with Gasteiger partial charge in [0.05, 0.1) is 45.6 Å². The number of unbranched alkanes of at least 4 members (excludes halogenated alkanes) is 1. The van der Waals surface area contributed by atoms with Gasteiger partial charge in [-0.15, -0.1) is 0 Å². The lowest BCUT2D eigenvalue weighted by Crippen LogP contribution is -2.46. The number of amides is 1. The molecule has 0 aliphatic rings. The molecule has 1 unspecified atom stereocenters. The highest BCUT2D eigenvalue weighted by Crippen LogP contribution is 2.01. The van der Waals surface area contributed by atoms with E-state index in [4.69, 9.17) is 15.2 Å². The fourth-order valence-corrected chi connectivity index (χ4v) is 2.23. The molecule has 0 spiro atoms. The summed E-state index contributed by atoms with van der Waals surface area (Å²) in [6.45, 7) is 6.98. The first-order chi connectivity index (χ1) is 13.0. The molecule has 158 valence electrons. The number of nitrogens with one attached hydrogen (secondary N) is 3. The molecule has 0 rings (SSSR count). The highest BCUT2D eigenvalue weighted by molar-refractivity contribution is 5.83. The molecule has 0 saturated carbocycles. The Morgan fingerprint density at radius 3 is 2.19 bits per heavy atom. The van der Waals surface area contributed by atoms with Gasteiger partial charge in [0.15, 0.2) is 0 Å². The predicted octanol–water partition coefficient (Wildman–Crippen LogP) is -1.01. The van der Waals surface area contributed by atoms with Crippen LogP contribution in [0.1, 0.15) is 33.1 Å². The van der Waals surface area contributed by atoms with E-state index in [0.29, 0.717) is 52.5 Å². The van der Waals surface area contributed by atoms with E-state index < -0.39 is 6.04 Å². The van der Waals surface area contributed by atoms with Gasteiger partial charge in [0, 0.05) is 13.1 Å². The standard InChI is InChI=1S/C18H36N4O5/c1-15(23)13-20-7-4-3-5-17(22-14-16(2)24)18(25)21-8-10-27-12-11-26-9-6-19/h17,20,22H,3-14,19H2,1-2H3,(H,21,25). The molecule has 0 aromatic rings. The van der Waals surface area contributed by atoms with Crippen LogP contribution >= 0.6 is 0 Å². The van der Waals surface area contributed by atoms with Crippen molar-refractivity contribution in [3.05, 3.63) is 0 Å². The van der Waals surface area contributed by atoms with Crippen LogP contribution in [-0.2, 0) is 23.9 Å². The maximum atomic E-state index is 12.3. The van der Waals surface area contributed by atoms with Crippen molar-refractivity contribution >= 4 is 17.5 Å². The summed E-state index contributed by atoms with van der Waals surface area (Å²) in [5, 5.41) is 8.86. The Labute approximate surface area is 162 Å². The molecular formula is C18H36N4O5. The summed E-state index contributed by atoms with van der Waals surface area (Å²) < 4.78 is 10.5. The molecule has 0 aliphatic heterocycles. The van der Waals surface area contributed by atoms with Crippen molar-refractivity contribution in [2.45, 2.75) is 39.2 Å². The van der Waals surface area contributed by atoms with E-state index in [0.717, 1.165) is 19.4 Å². The first-order valence-electron chi connectivity index (χ1n) is 9.53. The fourth-order valence-electron chi connectivity index (χ4n) is 2.23. The Balaban J connectivity index is 3.97. The fraction of sp³-hybridized carbons (Fsp3) is 0.833. The second kappa shape index (κ2) is 18.0. The molecule has 5 N–H and O–H groups in total. The number of nitrogens with two attached hydrogens (primary N) is 1. The zero-order valence-corrected chi connectivity index (χ0v) is 16.7. The number of rotatable bonds is 19. The van der Waals surface area contributed by atoms with Crippen molar-refractivity contribution in [1.82, 2.24) is 16.0 Å². The third-order valence-electron chi connectivity index (χ3n) is 3.56. The summed E-state index contributed by atoms with van der Waals surface area (Å²) in [5.74, 6) is -0.0591. The lowest BCUT2D eigenvalue weighted by Gasteiger charge is -2.18. The molecule has 0 aliphatic carbocycles. The SMILES string of the molecule is CC(=O)CNCCCCC(NCC(C)=O)C(=O)NCCOCCOCCN. The lowest BCUT2D eigenvalue weighted by atomic mass is 10.1.